The number of hydrogen-bond donors (Lipinski definition) is 0. The molecule has 0 N–H and O–H groups in total. The van der Waals surface area contributed by atoms with Crippen molar-refractivity contribution in [1.82, 2.24) is 15.0 Å². The third-order valence-electron chi connectivity index (χ3n) is 13.3. The Labute approximate surface area is 399 Å². The van der Waals surface area contributed by atoms with Crippen molar-refractivity contribution in [2.24, 2.45) is 0 Å². The van der Waals surface area contributed by atoms with Gasteiger partial charge < -0.3 is 4.42 Å². The molecule has 0 spiro atoms. The summed E-state index contributed by atoms with van der Waals surface area (Å²) in [6, 6.07) is 87.9. The van der Waals surface area contributed by atoms with Crippen LogP contribution in [0.4, 0.5) is 0 Å². The normalized spacial score (nSPS) is 11.5. The van der Waals surface area contributed by atoms with Crippen LogP contribution in [0.1, 0.15) is 0 Å². The van der Waals surface area contributed by atoms with Crippen LogP contribution < -0.4 is 0 Å². The van der Waals surface area contributed by atoms with E-state index < -0.39 is 0 Å². The zero-order valence-electron chi connectivity index (χ0n) is 37.4. The van der Waals surface area contributed by atoms with E-state index in [0.717, 1.165) is 72.0 Å². The molecule has 0 aliphatic carbocycles. The molecule has 69 heavy (non-hydrogen) atoms. The lowest BCUT2D eigenvalue weighted by Crippen LogP contribution is -2.01. The Hall–Kier alpha value is -9.25. The van der Waals surface area contributed by atoms with Crippen LogP contribution in [0.25, 0.3) is 133 Å². The summed E-state index contributed by atoms with van der Waals surface area (Å²) < 4.78 is 6.24. The molecule has 0 saturated heterocycles. The standard InChI is InChI=1S/C65H41N3O/c1-3-16-43(17-4-1)53-24-9-10-25-56(53)57-35-32-51(40-59(57)44-18-5-2-6-19-44)64-66-63(67-65(68-64)52-33-36-62-60(41-52)58-26-11-12-28-61(58)69-62)50-23-13-21-46(39-50)47-31-34-55-48(38-47)22-14-27-54(55)49-30-29-42-15-7-8-20-45(42)37-49/h1-41H. The highest BCUT2D eigenvalue weighted by Gasteiger charge is 2.19. The minimum absolute atomic E-state index is 0.583. The maximum Gasteiger partial charge on any atom is 0.164 e. The Bertz CT molecular complexity index is 4080. The van der Waals surface area contributed by atoms with E-state index in [4.69, 9.17) is 19.4 Å². The summed E-state index contributed by atoms with van der Waals surface area (Å²) in [4.78, 5) is 15.9. The average molecular weight is 880 g/mol. The molecule has 0 radical (unpaired) electrons. The van der Waals surface area contributed by atoms with Crippen LogP contribution in [0, 0.1) is 0 Å². The fourth-order valence-electron chi connectivity index (χ4n) is 9.90. The van der Waals surface area contributed by atoms with Crippen molar-refractivity contribution in [2.45, 2.75) is 0 Å². The first-order valence-electron chi connectivity index (χ1n) is 23.3. The van der Waals surface area contributed by atoms with Gasteiger partial charge in [-0.15, -0.1) is 0 Å². The molecule has 0 aliphatic heterocycles. The van der Waals surface area contributed by atoms with Crippen LogP contribution in [0.2, 0.25) is 0 Å². The predicted octanol–water partition coefficient (Wildman–Crippen LogP) is 17.4. The second-order valence-electron chi connectivity index (χ2n) is 17.5. The van der Waals surface area contributed by atoms with E-state index in [1.54, 1.807) is 0 Å². The zero-order chi connectivity index (χ0) is 45.7. The topological polar surface area (TPSA) is 51.8 Å². The van der Waals surface area contributed by atoms with Gasteiger partial charge in [0.1, 0.15) is 11.2 Å². The minimum atomic E-state index is 0.583. The largest absolute Gasteiger partial charge is 0.456 e. The van der Waals surface area contributed by atoms with E-state index in [9.17, 15) is 0 Å². The third-order valence-corrected chi connectivity index (χ3v) is 13.3. The summed E-state index contributed by atoms with van der Waals surface area (Å²) in [6.45, 7) is 0. The van der Waals surface area contributed by atoms with E-state index in [0.29, 0.717) is 17.5 Å². The SMILES string of the molecule is c1ccc(-c2ccccc2-c2ccc(-c3nc(-c4cccc(-c5ccc6c(-c7ccc8ccccc8c7)cccc6c5)c4)nc(-c4ccc5oc6ccccc6c5c4)n3)cc2-c2ccccc2)cc1. The Morgan fingerprint density at radius 1 is 0.217 bits per heavy atom. The van der Waals surface area contributed by atoms with Crippen molar-refractivity contribution in [2.75, 3.05) is 0 Å². The van der Waals surface area contributed by atoms with Crippen molar-refractivity contribution < 1.29 is 4.42 Å². The summed E-state index contributed by atoms with van der Waals surface area (Å²) in [7, 11) is 0. The maximum atomic E-state index is 6.24. The molecule has 4 nitrogen and oxygen atoms in total. The summed E-state index contributed by atoms with van der Waals surface area (Å²) >= 11 is 0. The molecule has 0 atom stereocenters. The molecule has 0 unspecified atom stereocenters. The number of fused-ring (bicyclic) bond motifs is 5. The van der Waals surface area contributed by atoms with Gasteiger partial charge in [0.05, 0.1) is 0 Å². The first-order chi connectivity index (χ1) is 34.2. The van der Waals surface area contributed by atoms with Gasteiger partial charge in [0, 0.05) is 27.5 Å². The zero-order valence-corrected chi connectivity index (χ0v) is 37.4. The number of hydrogen-bond acceptors (Lipinski definition) is 4. The second-order valence-corrected chi connectivity index (χ2v) is 17.5. The lowest BCUT2D eigenvalue weighted by atomic mass is 9.88. The van der Waals surface area contributed by atoms with Gasteiger partial charge in [0.15, 0.2) is 17.5 Å². The lowest BCUT2D eigenvalue weighted by molar-refractivity contribution is 0.669. The van der Waals surface area contributed by atoms with Gasteiger partial charge in [-0.25, -0.2) is 15.0 Å². The Balaban J connectivity index is 0.952. The minimum Gasteiger partial charge on any atom is -0.456 e. The van der Waals surface area contributed by atoms with Gasteiger partial charge in [0.2, 0.25) is 0 Å². The Morgan fingerprint density at radius 2 is 0.725 bits per heavy atom. The molecule has 13 rings (SSSR count). The highest BCUT2D eigenvalue weighted by atomic mass is 16.3. The molecule has 0 amide bonds. The fourth-order valence-corrected chi connectivity index (χ4v) is 9.90. The average Bonchev–Trinajstić information content (AvgIpc) is 3.81. The first kappa shape index (κ1) is 40.1. The smallest absolute Gasteiger partial charge is 0.164 e. The van der Waals surface area contributed by atoms with E-state index in [2.05, 4.69) is 218 Å². The number of furan rings is 1. The number of aromatic nitrogens is 3. The lowest BCUT2D eigenvalue weighted by Gasteiger charge is -2.16. The quantitative estimate of drug-likeness (QED) is 0.153. The molecule has 2 heterocycles. The molecule has 0 aliphatic rings. The highest BCUT2D eigenvalue weighted by molar-refractivity contribution is 6.06. The number of para-hydroxylation sites is 1. The predicted molar refractivity (Wildman–Crippen MR) is 286 cm³/mol. The van der Waals surface area contributed by atoms with Gasteiger partial charge in [-0.1, -0.05) is 200 Å². The van der Waals surface area contributed by atoms with Crippen LogP contribution >= 0.6 is 0 Å². The maximum absolute atomic E-state index is 6.24. The molecule has 0 bridgehead atoms. The third kappa shape index (κ3) is 7.41. The Kier molecular flexibility index (Phi) is 9.80. The molecule has 4 heteroatoms. The monoisotopic (exact) mass is 879 g/mol. The highest BCUT2D eigenvalue weighted by Crippen LogP contribution is 2.41. The fraction of sp³-hybridized carbons (Fsp3) is 0. The number of rotatable bonds is 8. The van der Waals surface area contributed by atoms with Gasteiger partial charge in [0.25, 0.3) is 0 Å². The van der Waals surface area contributed by atoms with E-state index in [1.807, 2.05) is 30.3 Å². The summed E-state index contributed by atoms with van der Waals surface area (Å²) in [6.07, 6.45) is 0. The van der Waals surface area contributed by atoms with E-state index in [1.165, 1.54) is 43.8 Å². The van der Waals surface area contributed by atoms with Crippen LogP contribution in [0.15, 0.2) is 253 Å². The first-order valence-corrected chi connectivity index (χ1v) is 23.3. The van der Waals surface area contributed by atoms with Crippen molar-refractivity contribution in [3.63, 3.8) is 0 Å². The summed E-state index contributed by atoms with van der Waals surface area (Å²) in [5.41, 5.74) is 15.8. The van der Waals surface area contributed by atoms with Crippen LogP contribution in [-0.2, 0) is 0 Å². The van der Waals surface area contributed by atoms with Gasteiger partial charge in [-0.05, 0) is 126 Å². The van der Waals surface area contributed by atoms with Gasteiger partial charge in [-0.3, -0.25) is 0 Å². The molecule has 11 aromatic carbocycles. The van der Waals surface area contributed by atoms with E-state index in [-0.39, 0.29) is 0 Å². The molecule has 2 aromatic heterocycles. The van der Waals surface area contributed by atoms with Crippen LogP contribution in [0.3, 0.4) is 0 Å². The summed E-state index contributed by atoms with van der Waals surface area (Å²) in [5.74, 6) is 1.76. The van der Waals surface area contributed by atoms with Crippen molar-refractivity contribution in [1.29, 1.82) is 0 Å². The van der Waals surface area contributed by atoms with Crippen LogP contribution in [-0.4, -0.2) is 15.0 Å². The number of nitrogens with zero attached hydrogens (tertiary/aromatic N) is 3. The Morgan fingerprint density at radius 3 is 1.54 bits per heavy atom. The van der Waals surface area contributed by atoms with Crippen LogP contribution in [0.5, 0.6) is 0 Å². The molecule has 0 saturated carbocycles. The van der Waals surface area contributed by atoms with Crippen molar-refractivity contribution in [3.05, 3.63) is 249 Å². The molecule has 322 valence electrons. The molecule has 0 fully saturated rings. The van der Waals surface area contributed by atoms with Gasteiger partial charge in [-0.2, -0.15) is 0 Å². The number of benzene rings is 11. The van der Waals surface area contributed by atoms with E-state index >= 15 is 0 Å². The second kappa shape index (κ2) is 16.9. The van der Waals surface area contributed by atoms with Crippen molar-refractivity contribution in [3.8, 4) is 89.8 Å². The summed E-state index contributed by atoms with van der Waals surface area (Å²) in [5, 5.41) is 6.94. The molecular formula is C65H41N3O. The van der Waals surface area contributed by atoms with Gasteiger partial charge >= 0.3 is 0 Å². The van der Waals surface area contributed by atoms with Crippen molar-refractivity contribution >= 4 is 43.5 Å². The molecule has 13 aromatic rings. The molecular weight excluding hydrogens is 839 g/mol.